The van der Waals surface area contributed by atoms with Gasteiger partial charge >= 0.3 is 0 Å². The van der Waals surface area contributed by atoms with Crippen molar-refractivity contribution in [1.29, 1.82) is 0 Å². The summed E-state index contributed by atoms with van der Waals surface area (Å²) in [6.07, 6.45) is 1.13. The normalized spacial score (nSPS) is 11.2. The van der Waals surface area contributed by atoms with Crippen LogP contribution >= 0.6 is 11.6 Å². The van der Waals surface area contributed by atoms with Crippen LogP contribution in [0.1, 0.15) is 11.1 Å². The van der Waals surface area contributed by atoms with Crippen LogP contribution in [0.3, 0.4) is 0 Å². The van der Waals surface area contributed by atoms with Crippen molar-refractivity contribution in [2.24, 2.45) is 0 Å². The molecule has 24 heavy (non-hydrogen) atoms. The largest absolute Gasteiger partial charge is 0.484 e. The number of aryl methyl sites for hydroxylation is 2. The molecule has 0 fully saturated rings. The minimum atomic E-state index is -3.25. The van der Waals surface area contributed by atoms with Gasteiger partial charge in [0, 0.05) is 6.26 Å². The number of carbonyl (C=O) groups excluding carboxylic acids is 1. The number of sulfone groups is 1. The molecule has 7 heteroatoms. The van der Waals surface area contributed by atoms with E-state index in [2.05, 4.69) is 5.32 Å². The molecule has 0 radical (unpaired) electrons. The van der Waals surface area contributed by atoms with Crippen LogP contribution in [0, 0.1) is 13.8 Å². The van der Waals surface area contributed by atoms with Crippen LogP contribution < -0.4 is 10.1 Å². The first-order chi connectivity index (χ1) is 11.2. The molecule has 1 N–H and O–H groups in total. The molecule has 0 heterocycles. The quantitative estimate of drug-likeness (QED) is 0.879. The third-order valence-electron chi connectivity index (χ3n) is 3.32. The van der Waals surface area contributed by atoms with E-state index in [0.717, 1.165) is 17.4 Å². The number of hydrogen-bond donors (Lipinski definition) is 1. The summed E-state index contributed by atoms with van der Waals surface area (Å²) in [5, 5.41) is 3.19. The maximum Gasteiger partial charge on any atom is 0.262 e. The fraction of sp³-hybridized carbons (Fsp3) is 0.235. The first-order valence-corrected chi connectivity index (χ1v) is 9.43. The van der Waals surface area contributed by atoms with Gasteiger partial charge < -0.3 is 10.1 Å². The van der Waals surface area contributed by atoms with Crippen molar-refractivity contribution in [2.75, 3.05) is 18.2 Å². The van der Waals surface area contributed by atoms with Gasteiger partial charge in [-0.3, -0.25) is 4.79 Å². The van der Waals surface area contributed by atoms with Gasteiger partial charge in [-0.2, -0.15) is 0 Å². The van der Waals surface area contributed by atoms with E-state index < -0.39 is 9.84 Å². The highest BCUT2D eigenvalue weighted by Crippen LogP contribution is 2.27. The van der Waals surface area contributed by atoms with E-state index in [9.17, 15) is 13.2 Å². The Morgan fingerprint density at radius 1 is 1.17 bits per heavy atom. The lowest BCUT2D eigenvalue weighted by Gasteiger charge is -2.12. The topological polar surface area (TPSA) is 72.5 Å². The van der Waals surface area contributed by atoms with Gasteiger partial charge in [-0.1, -0.05) is 17.7 Å². The van der Waals surface area contributed by atoms with Gasteiger partial charge in [0.2, 0.25) is 0 Å². The molecule has 0 saturated heterocycles. The van der Waals surface area contributed by atoms with Crippen LogP contribution in [0.25, 0.3) is 0 Å². The predicted octanol–water partition coefficient (Wildman–Crippen LogP) is 3.38. The molecule has 5 nitrogen and oxygen atoms in total. The minimum absolute atomic E-state index is 0.196. The molecule has 0 atom stereocenters. The number of rotatable bonds is 5. The molecule has 0 bridgehead atoms. The molecule has 0 spiro atoms. The van der Waals surface area contributed by atoms with E-state index in [1.54, 1.807) is 6.07 Å². The Labute approximate surface area is 146 Å². The number of halogens is 1. The van der Waals surface area contributed by atoms with E-state index in [4.69, 9.17) is 16.3 Å². The Morgan fingerprint density at radius 3 is 2.33 bits per heavy atom. The average Bonchev–Trinajstić information content (AvgIpc) is 2.48. The van der Waals surface area contributed by atoms with Crippen LogP contribution in [0.5, 0.6) is 5.75 Å². The molecular formula is C17H18ClNO4S. The smallest absolute Gasteiger partial charge is 0.262 e. The second-order valence-corrected chi connectivity index (χ2v) is 7.94. The Bertz CT molecular complexity index is 838. The highest BCUT2D eigenvalue weighted by atomic mass is 35.5. The summed E-state index contributed by atoms with van der Waals surface area (Å²) < 4.78 is 28.1. The molecule has 128 valence electrons. The predicted molar refractivity (Wildman–Crippen MR) is 94.6 cm³/mol. The van der Waals surface area contributed by atoms with Gasteiger partial charge in [0.05, 0.1) is 15.6 Å². The Balaban J connectivity index is 1.99. The monoisotopic (exact) mass is 367 g/mol. The maximum absolute atomic E-state index is 12.0. The number of anilines is 1. The molecule has 0 saturated carbocycles. The SMILES string of the molecule is Cc1cc(C)c(NC(=O)COc2ccc(S(C)(=O)=O)cc2)c(Cl)c1. The van der Waals surface area contributed by atoms with E-state index in [1.165, 1.54) is 24.3 Å². The Morgan fingerprint density at radius 2 is 1.79 bits per heavy atom. The lowest BCUT2D eigenvalue weighted by molar-refractivity contribution is -0.118. The van der Waals surface area contributed by atoms with Crippen molar-refractivity contribution in [3.8, 4) is 5.75 Å². The lowest BCUT2D eigenvalue weighted by Crippen LogP contribution is -2.21. The third-order valence-corrected chi connectivity index (χ3v) is 4.74. The summed E-state index contributed by atoms with van der Waals surface area (Å²) in [6, 6.07) is 9.58. The molecule has 0 aromatic heterocycles. The third kappa shape index (κ3) is 4.72. The van der Waals surface area contributed by atoms with E-state index >= 15 is 0 Å². The molecule has 0 aliphatic carbocycles. The number of hydrogen-bond acceptors (Lipinski definition) is 4. The van der Waals surface area contributed by atoms with Crippen LogP contribution in [-0.2, 0) is 14.6 Å². The summed E-state index contributed by atoms with van der Waals surface area (Å²) in [5.74, 6) is 0.0558. The lowest BCUT2D eigenvalue weighted by atomic mass is 10.1. The first kappa shape index (κ1) is 18.3. The second kappa shape index (κ2) is 7.23. The second-order valence-electron chi connectivity index (χ2n) is 5.52. The molecule has 0 unspecified atom stereocenters. The molecule has 0 aliphatic heterocycles. The standard InChI is InChI=1S/C17H18ClNO4S/c1-11-8-12(2)17(15(18)9-11)19-16(20)10-23-13-4-6-14(7-5-13)24(3,21)22/h4-9H,10H2,1-3H3,(H,19,20). The zero-order chi connectivity index (χ0) is 17.9. The van der Waals surface area contributed by atoms with Crippen molar-refractivity contribution in [2.45, 2.75) is 18.7 Å². The number of benzene rings is 2. The maximum atomic E-state index is 12.0. The van der Waals surface area contributed by atoms with Gasteiger partial charge in [0.1, 0.15) is 5.75 Å². The van der Waals surface area contributed by atoms with Crippen molar-refractivity contribution in [3.05, 3.63) is 52.5 Å². The number of nitrogens with one attached hydrogen (secondary N) is 1. The van der Waals surface area contributed by atoms with Gasteiger partial charge in [-0.15, -0.1) is 0 Å². The van der Waals surface area contributed by atoms with E-state index in [1.807, 2.05) is 19.9 Å². The number of ether oxygens (including phenoxy) is 1. The van der Waals surface area contributed by atoms with E-state index in [-0.39, 0.29) is 17.4 Å². The fourth-order valence-electron chi connectivity index (χ4n) is 2.18. The van der Waals surface area contributed by atoms with Gasteiger partial charge in [-0.25, -0.2) is 8.42 Å². The van der Waals surface area contributed by atoms with Crippen molar-refractivity contribution >= 4 is 33.0 Å². The summed E-state index contributed by atoms with van der Waals surface area (Å²) in [7, 11) is -3.25. The molecule has 2 aromatic rings. The molecule has 1 amide bonds. The molecule has 2 aromatic carbocycles. The molecular weight excluding hydrogens is 350 g/mol. The summed E-state index contributed by atoms with van der Waals surface area (Å²) in [4.78, 5) is 12.2. The Kier molecular flexibility index (Phi) is 5.51. The van der Waals surface area contributed by atoms with Gasteiger partial charge in [0.15, 0.2) is 16.4 Å². The van der Waals surface area contributed by atoms with Crippen LogP contribution in [-0.4, -0.2) is 27.2 Å². The van der Waals surface area contributed by atoms with Gasteiger partial charge in [-0.05, 0) is 55.3 Å². The molecule has 0 aliphatic rings. The van der Waals surface area contributed by atoms with Crippen molar-refractivity contribution < 1.29 is 17.9 Å². The van der Waals surface area contributed by atoms with Crippen molar-refractivity contribution in [1.82, 2.24) is 0 Å². The minimum Gasteiger partial charge on any atom is -0.484 e. The Hall–Kier alpha value is -2.05. The highest BCUT2D eigenvalue weighted by Gasteiger charge is 2.11. The molecule has 2 rings (SSSR count). The average molecular weight is 368 g/mol. The van der Waals surface area contributed by atoms with Crippen LogP contribution in [0.15, 0.2) is 41.3 Å². The number of amides is 1. The fourth-order valence-corrected chi connectivity index (χ4v) is 3.18. The number of carbonyl (C=O) groups is 1. The van der Waals surface area contributed by atoms with E-state index in [0.29, 0.717) is 16.5 Å². The zero-order valence-electron chi connectivity index (χ0n) is 13.6. The van der Waals surface area contributed by atoms with Gasteiger partial charge in [0.25, 0.3) is 5.91 Å². The van der Waals surface area contributed by atoms with Crippen LogP contribution in [0.4, 0.5) is 5.69 Å². The summed E-state index contributed by atoms with van der Waals surface area (Å²) in [5.41, 5.74) is 2.44. The summed E-state index contributed by atoms with van der Waals surface area (Å²) >= 11 is 6.14. The first-order valence-electron chi connectivity index (χ1n) is 7.16. The summed E-state index contributed by atoms with van der Waals surface area (Å²) in [6.45, 7) is 3.58. The zero-order valence-corrected chi connectivity index (χ0v) is 15.2. The highest BCUT2D eigenvalue weighted by molar-refractivity contribution is 7.90. The van der Waals surface area contributed by atoms with Crippen molar-refractivity contribution in [3.63, 3.8) is 0 Å². The van der Waals surface area contributed by atoms with Crippen LogP contribution in [0.2, 0.25) is 5.02 Å².